The van der Waals surface area contributed by atoms with Crippen molar-refractivity contribution in [2.45, 2.75) is 45.6 Å². The number of hydrogen-bond acceptors (Lipinski definition) is 3. The maximum atomic E-state index is 12.0. The number of aryl methyl sites for hydroxylation is 1. The van der Waals surface area contributed by atoms with Crippen molar-refractivity contribution in [2.75, 3.05) is 5.32 Å². The van der Waals surface area contributed by atoms with E-state index in [0.29, 0.717) is 11.6 Å². The van der Waals surface area contributed by atoms with Crippen molar-refractivity contribution in [2.24, 2.45) is 0 Å². The average Bonchev–Trinajstić information content (AvgIpc) is 2.38. The van der Waals surface area contributed by atoms with Crippen LogP contribution in [-0.4, -0.2) is 6.04 Å². The Morgan fingerprint density at radius 2 is 1.89 bits per heavy atom. The Hall–Kier alpha value is -1.77. The van der Waals surface area contributed by atoms with Crippen LogP contribution in [0.1, 0.15) is 37.8 Å². The molecule has 1 N–H and O–H groups in total. The van der Waals surface area contributed by atoms with Crippen LogP contribution in [0.3, 0.4) is 0 Å². The Kier molecular flexibility index (Phi) is 3.05. The second-order valence-electron chi connectivity index (χ2n) is 5.56. The summed E-state index contributed by atoms with van der Waals surface area (Å²) in [6, 6.07) is 6.44. The molecule has 2 aromatic rings. The zero-order chi connectivity index (χ0) is 13.4. The molecule has 0 aliphatic heterocycles. The van der Waals surface area contributed by atoms with Gasteiger partial charge in [0.1, 0.15) is 5.58 Å². The van der Waals surface area contributed by atoms with Crippen LogP contribution in [0.2, 0.25) is 0 Å². The molecule has 0 unspecified atom stereocenters. The summed E-state index contributed by atoms with van der Waals surface area (Å²) in [5.41, 5.74) is 3.65. The molecule has 0 spiro atoms. The first-order valence-corrected chi connectivity index (χ1v) is 7.00. The Bertz CT molecular complexity index is 670. The van der Waals surface area contributed by atoms with Gasteiger partial charge < -0.3 is 9.73 Å². The van der Waals surface area contributed by atoms with Crippen LogP contribution in [0.25, 0.3) is 11.0 Å². The lowest BCUT2D eigenvalue weighted by molar-refractivity contribution is 0.534. The van der Waals surface area contributed by atoms with Crippen LogP contribution in [0.4, 0.5) is 5.69 Å². The first kappa shape index (κ1) is 12.3. The molecule has 0 amide bonds. The van der Waals surface area contributed by atoms with Crippen molar-refractivity contribution in [1.82, 2.24) is 0 Å². The van der Waals surface area contributed by atoms with E-state index in [1.807, 2.05) is 6.07 Å². The second kappa shape index (κ2) is 4.72. The molecule has 0 bridgehead atoms. The van der Waals surface area contributed by atoms with Crippen molar-refractivity contribution < 1.29 is 4.42 Å². The van der Waals surface area contributed by atoms with E-state index in [2.05, 4.69) is 31.3 Å². The molecule has 0 radical (unpaired) electrons. The van der Waals surface area contributed by atoms with E-state index in [4.69, 9.17) is 4.42 Å². The highest BCUT2D eigenvalue weighted by atomic mass is 16.4. The molecular weight excluding hydrogens is 238 g/mol. The average molecular weight is 257 g/mol. The van der Waals surface area contributed by atoms with Crippen LogP contribution in [-0.2, 0) is 12.8 Å². The third-order valence-electron chi connectivity index (χ3n) is 3.68. The van der Waals surface area contributed by atoms with Gasteiger partial charge >= 0.3 is 5.63 Å². The SMILES string of the molecule is CC(C)Nc1ccc2c3c(c(=O)oc2c1)CCCC3. The number of fused-ring (bicyclic) bond motifs is 3. The first-order chi connectivity index (χ1) is 9.15. The highest BCUT2D eigenvalue weighted by molar-refractivity contribution is 5.84. The van der Waals surface area contributed by atoms with Crippen molar-refractivity contribution in [3.63, 3.8) is 0 Å². The largest absolute Gasteiger partial charge is 0.422 e. The molecule has 1 aliphatic carbocycles. The lowest BCUT2D eigenvalue weighted by Gasteiger charge is -2.17. The summed E-state index contributed by atoms with van der Waals surface area (Å²) in [5.74, 6) is 0. The van der Waals surface area contributed by atoms with Gasteiger partial charge in [-0.2, -0.15) is 0 Å². The second-order valence-corrected chi connectivity index (χ2v) is 5.56. The minimum Gasteiger partial charge on any atom is -0.422 e. The highest BCUT2D eigenvalue weighted by Crippen LogP contribution is 2.28. The number of anilines is 1. The maximum absolute atomic E-state index is 12.0. The maximum Gasteiger partial charge on any atom is 0.339 e. The summed E-state index contributed by atoms with van der Waals surface area (Å²) >= 11 is 0. The third kappa shape index (κ3) is 2.25. The molecule has 1 aromatic carbocycles. The van der Waals surface area contributed by atoms with E-state index >= 15 is 0 Å². The smallest absolute Gasteiger partial charge is 0.339 e. The summed E-state index contributed by atoms with van der Waals surface area (Å²) in [6.07, 6.45) is 4.11. The lowest BCUT2D eigenvalue weighted by Crippen LogP contribution is -2.16. The fourth-order valence-electron chi connectivity index (χ4n) is 2.87. The molecule has 0 saturated heterocycles. The predicted molar refractivity (Wildman–Crippen MR) is 77.9 cm³/mol. The monoisotopic (exact) mass is 257 g/mol. The standard InChI is InChI=1S/C16H19NO2/c1-10(2)17-11-7-8-13-12-5-3-4-6-14(12)16(18)19-15(13)9-11/h7-10,17H,3-6H2,1-2H3. The molecule has 19 heavy (non-hydrogen) atoms. The topological polar surface area (TPSA) is 42.2 Å². The fraction of sp³-hybridized carbons (Fsp3) is 0.438. The molecular formula is C16H19NO2. The minimum absolute atomic E-state index is 0.149. The van der Waals surface area contributed by atoms with Gasteiger partial charge in [0.15, 0.2) is 0 Å². The number of rotatable bonds is 2. The molecule has 0 fully saturated rings. The Balaban J connectivity index is 2.17. The van der Waals surface area contributed by atoms with E-state index in [9.17, 15) is 4.79 Å². The summed E-state index contributed by atoms with van der Waals surface area (Å²) in [7, 11) is 0. The zero-order valence-electron chi connectivity index (χ0n) is 11.5. The summed E-state index contributed by atoms with van der Waals surface area (Å²) in [4.78, 5) is 12.0. The van der Waals surface area contributed by atoms with Gasteiger partial charge in [0.2, 0.25) is 0 Å². The van der Waals surface area contributed by atoms with Gasteiger partial charge in [-0.3, -0.25) is 0 Å². The van der Waals surface area contributed by atoms with Crippen LogP contribution < -0.4 is 10.9 Å². The quantitative estimate of drug-likeness (QED) is 0.837. The lowest BCUT2D eigenvalue weighted by atomic mass is 9.90. The van der Waals surface area contributed by atoms with Gasteiger partial charge in [0.25, 0.3) is 0 Å². The molecule has 0 saturated carbocycles. The molecule has 3 nitrogen and oxygen atoms in total. The van der Waals surface area contributed by atoms with Gasteiger partial charge in [0.05, 0.1) is 0 Å². The predicted octanol–water partition coefficient (Wildman–Crippen LogP) is 3.49. The Morgan fingerprint density at radius 1 is 1.16 bits per heavy atom. The molecule has 3 heteroatoms. The number of benzene rings is 1. The van der Waals surface area contributed by atoms with E-state index in [0.717, 1.165) is 42.3 Å². The van der Waals surface area contributed by atoms with Gasteiger partial charge in [-0.1, -0.05) is 0 Å². The van der Waals surface area contributed by atoms with E-state index in [-0.39, 0.29) is 5.63 Å². The highest BCUT2D eigenvalue weighted by Gasteiger charge is 2.17. The van der Waals surface area contributed by atoms with Crippen LogP contribution in [0, 0.1) is 0 Å². The Labute approximate surface area is 112 Å². The normalized spacial score (nSPS) is 14.7. The van der Waals surface area contributed by atoms with E-state index in [1.54, 1.807) is 0 Å². The first-order valence-electron chi connectivity index (χ1n) is 7.00. The molecule has 100 valence electrons. The van der Waals surface area contributed by atoms with Crippen molar-refractivity contribution >= 4 is 16.7 Å². The number of hydrogen-bond donors (Lipinski definition) is 1. The molecule has 3 rings (SSSR count). The van der Waals surface area contributed by atoms with Crippen LogP contribution in [0.15, 0.2) is 27.4 Å². The molecule has 0 atom stereocenters. The third-order valence-corrected chi connectivity index (χ3v) is 3.68. The minimum atomic E-state index is -0.149. The summed E-state index contributed by atoms with van der Waals surface area (Å²) in [5, 5.41) is 4.43. The van der Waals surface area contributed by atoms with Crippen molar-refractivity contribution in [1.29, 1.82) is 0 Å². The fourth-order valence-corrected chi connectivity index (χ4v) is 2.87. The van der Waals surface area contributed by atoms with Gasteiger partial charge in [-0.15, -0.1) is 0 Å². The van der Waals surface area contributed by atoms with Gasteiger partial charge in [-0.25, -0.2) is 4.79 Å². The molecule has 1 aromatic heterocycles. The summed E-state index contributed by atoms with van der Waals surface area (Å²) in [6.45, 7) is 4.18. The van der Waals surface area contributed by atoms with Crippen LogP contribution in [0.5, 0.6) is 0 Å². The van der Waals surface area contributed by atoms with Crippen LogP contribution >= 0.6 is 0 Å². The summed E-state index contributed by atoms with van der Waals surface area (Å²) < 4.78 is 5.49. The van der Waals surface area contributed by atoms with E-state index in [1.165, 1.54) is 5.56 Å². The number of nitrogens with one attached hydrogen (secondary N) is 1. The van der Waals surface area contributed by atoms with Gasteiger partial charge in [-0.05, 0) is 57.2 Å². The van der Waals surface area contributed by atoms with Crippen molar-refractivity contribution in [3.8, 4) is 0 Å². The van der Waals surface area contributed by atoms with Crippen molar-refractivity contribution in [3.05, 3.63) is 39.7 Å². The Morgan fingerprint density at radius 3 is 2.63 bits per heavy atom. The molecule has 1 aliphatic rings. The molecule has 1 heterocycles. The van der Waals surface area contributed by atoms with E-state index < -0.39 is 0 Å². The van der Waals surface area contributed by atoms with Gasteiger partial charge in [0, 0.05) is 28.7 Å². The zero-order valence-corrected chi connectivity index (χ0v) is 11.5.